The highest BCUT2D eigenvalue weighted by molar-refractivity contribution is 7.14. The van der Waals surface area contributed by atoms with Crippen molar-refractivity contribution in [2.45, 2.75) is 25.8 Å². The van der Waals surface area contributed by atoms with E-state index in [1.54, 1.807) is 11.1 Å². The van der Waals surface area contributed by atoms with Crippen molar-refractivity contribution in [2.75, 3.05) is 7.11 Å². The Bertz CT molecular complexity index is 600. The maximum absolute atomic E-state index is 12.1. The van der Waals surface area contributed by atoms with Gasteiger partial charge in [0.1, 0.15) is 11.8 Å². The number of rotatable bonds is 3. The lowest BCUT2D eigenvalue weighted by Gasteiger charge is -2.08. The van der Waals surface area contributed by atoms with E-state index >= 15 is 0 Å². The van der Waals surface area contributed by atoms with Gasteiger partial charge in [0.2, 0.25) is 0 Å². The van der Waals surface area contributed by atoms with Gasteiger partial charge in [0, 0.05) is 0 Å². The van der Waals surface area contributed by atoms with Gasteiger partial charge in [-0.25, -0.2) is 3.96 Å². The largest absolute Gasteiger partial charge is 0.497 e. The first-order chi connectivity index (χ1) is 8.08. The fourth-order valence-corrected chi connectivity index (χ4v) is 3.03. The Hall–Kier alpha value is -1.00. The third kappa shape index (κ3) is 2.07. The summed E-state index contributed by atoms with van der Waals surface area (Å²) in [6.45, 7) is 4.13. The molecule has 1 aromatic carbocycles. The summed E-state index contributed by atoms with van der Waals surface area (Å²) in [6.07, 6.45) is 0. The molecule has 0 spiro atoms. The first kappa shape index (κ1) is 12.5. The minimum atomic E-state index is -0.00801. The molecule has 1 heterocycles. The van der Waals surface area contributed by atoms with E-state index in [1.807, 2.05) is 12.1 Å². The number of alkyl halides is 1. The maximum Gasteiger partial charge on any atom is 0.269 e. The molecular formula is C12H14ClNO2S. The molecule has 0 saturated heterocycles. The highest BCUT2D eigenvalue weighted by Gasteiger charge is 2.15. The molecule has 0 saturated carbocycles. The van der Waals surface area contributed by atoms with E-state index in [1.165, 1.54) is 11.5 Å². The van der Waals surface area contributed by atoms with Crippen LogP contribution in [0.1, 0.15) is 25.3 Å². The third-order valence-electron chi connectivity index (χ3n) is 2.72. The van der Waals surface area contributed by atoms with Crippen molar-refractivity contribution in [1.82, 2.24) is 3.96 Å². The molecule has 5 heteroatoms. The Kier molecular flexibility index (Phi) is 3.45. The number of benzene rings is 1. The standard InChI is InChI=1S/C12H14ClNO2S/c1-7(2)9-4-8(16-3)5-10-11(9)12(15)14(6-13)17-10/h4-5,7H,6H2,1-3H3. The number of fused-ring (bicyclic) bond motifs is 1. The highest BCUT2D eigenvalue weighted by atomic mass is 35.5. The minimum absolute atomic E-state index is 0.00801. The lowest BCUT2D eigenvalue weighted by atomic mass is 9.99. The summed E-state index contributed by atoms with van der Waals surface area (Å²) >= 11 is 7.13. The number of hydrogen-bond acceptors (Lipinski definition) is 3. The lowest BCUT2D eigenvalue weighted by Crippen LogP contribution is -2.12. The van der Waals surface area contributed by atoms with E-state index in [4.69, 9.17) is 16.3 Å². The second kappa shape index (κ2) is 4.70. The number of methoxy groups -OCH3 is 1. The molecule has 0 unspecified atom stereocenters. The SMILES string of the molecule is COc1cc(C(C)C)c2c(=O)n(CCl)sc2c1. The highest BCUT2D eigenvalue weighted by Crippen LogP contribution is 2.31. The van der Waals surface area contributed by atoms with Crippen LogP contribution in [0.4, 0.5) is 0 Å². The quantitative estimate of drug-likeness (QED) is 0.802. The lowest BCUT2D eigenvalue weighted by molar-refractivity contribution is 0.415. The Labute approximate surface area is 109 Å². The normalized spacial score (nSPS) is 11.4. The molecule has 2 aromatic rings. The van der Waals surface area contributed by atoms with Crippen LogP contribution in [0, 0.1) is 0 Å². The average Bonchev–Trinajstić information content (AvgIpc) is 2.64. The minimum Gasteiger partial charge on any atom is -0.497 e. The van der Waals surface area contributed by atoms with Crippen molar-refractivity contribution in [3.63, 3.8) is 0 Å². The van der Waals surface area contributed by atoms with Crippen molar-refractivity contribution in [3.05, 3.63) is 28.0 Å². The Morgan fingerprint density at radius 2 is 2.18 bits per heavy atom. The molecule has 92 valence electrons. The van der Waals surface area contributed by atoms with Gasteiger partial charge in [0.25, 0.3) is 5.56 Å². The van der Waals surface area contributed by atoms with E-state index in [9.17, 15) is 4.79 Å². The summed E-state index contributed by atoms with van der Waals surface area (Å²) in [4.78, 5) is 12.1. The van der Waals surface area contributed by atoms with E-state index in [0.717, 1.165) is 21.4 Å². The number of aromatic nitrogens is 1. The predicted molar refractivity (Wildman–Crippen MR) is 72.6 cm³/mol. The molecule has 0 atom stereocenters. The zero-order valence-electron chi connectivity index (χ0n) is 9.99. The number of ether oxygens (including phenoxy) is 1. The second-order valence-electron chi connectivity index (χ2n) is 4.14. The Morgan fingerprint density at radius 3 is 2.71 bits per heavy atom. The molecule has 2 rings (SSSR count). The molecule has 3 nitrogen and oxygen atoms in total. The van der Waals surface area contributed by atoms with Crippen LogP contribution in [0.2, 0.25) is 0 Å². The van der Waals surface area contributed by atoms with Gasteiger partial charge in [-0.15, -0.1) is 11.6 Å². The summed E-state index contributed by atoms with van der Waals surface area (Å²) in [7, 11) is 1.63. The van der Waals surface area contributed by atoms with Gasteiger partial charge < -0.3 is 4.74 Å². The zero-order chi connectivity index (χ0) is 12.6. The molecule has 0 aliphatic rings. The van der Waals surface area contributed by atoms with Crippen LogP contribution in [-0.4, -0.2) is 11.1 Å². The van der Waals surface area contributed by atoms with E-state index in [0.29, 0.717) is 0 Å². The van der Waals surface area contributed by atoms with Crippen molar-refractivity contribution in [1.29, 1.82) is 0 Å². The maximum atomic E-state index is 12.1. The average molecular weight is 272 g/mol. The van der Waals surface area contributed by atoms with Gasteiger partial charge >= 0.3 is 0 Å². The van der Waals surface area contributed by atoms with Crippen LogP contribution < -0.4 is 10.3 Å². The molecule has 0 fully saturated rings. The van der Waals surface area contributed by atoms with Gasteiger partial charge in [0.05, 0.1) is 17.2 Å². The van der Waals surface area contributed by atoms with Crippen LogP contribution in [0.15, 0.2) is 16.9 Å². The second-order valence-corrected chi connectivity index (χ2v) is 5.44. The van der Waals surface area contributed by atoms with Crippen LogP contribution in [0.5, 0.6) is 5.75 Å². The molecule has 0 radical (unpaired) electrons. The summed E-state index contributed by atoms with van der Waals surface area (Å²) in [6, 6.07) is 4.01. The number of halogens is 1. The Morgan fingerprint density at radius 1 is 1.47 bits per heavy atom. The molecular weight excluding hydrogens is 258 g/mol. The van der Waals surface area contributed by atoms with Gasteiger partial charge in [-0.1, -0.05) is 25.4 Å². The monoisotopic (exact) mass is 271 g/mol. The van der Waals surface area contributed by atoms with Crippen molar-refractivity contribution in [3.8, 4) is 5.75 Å². The fraction of sp³-hybridized carbons (Fsp3) is 0.417. The first-order valence-corrected chi connectivity index (χ1v) is 6.67. The Balaban J connectivity index is 2.84. The van der Waals surface area contributed by atoms with Crippen LogP contribution in [-0.2, 0) is 6.00 Å². The predicted octanol–water partition coefficient (Wildman–Crippen LogP) is 3.39. The molecule has 0 amide bonds. The summed E-state index contributed by atoms with van der Waals surface area (Å²) in [5.74, 6) is 1.06. The molecule has 1 aromatic heterocycles. The van der Waals surface area contributed by atoms with Gasteiger partial charge in [-0.3, -0.25) is 4.79 Å². The topological polar surface area (TPSA) is 31.2 Å². The summed E-state index contributed by atoms with van der Waals surface area (Å²) in [5.41, 5.74) is 1.01. The van der Waals surface area contributed by atoms with Crippen LogP contribution in [0.3, 0.4) is 0 Å². The first-order valence-electron chi connectivity index (χ1n) is 5.36. The van der Waals surface area contributed by atoms with E-state index in [2.05, 4.69) is 13.8 Å². The molecule has 0 N–H and O–H groups in total. The van der Waals surface area contributed by atoms with Crippen molar-refractivity contribution < 1.29 is 4.74 Å². The van der Waals surface area contributed by atoms with Crippen molar-refractivity contribution in [2.24, 2.45) is 0 Å². The van der Waals surface area contributed by atoms with Gasteiger partial charge in [-0.05, 0) is 23.6 Å². The van der Waals surface area contributed by atoms with Crippen molar-refractivity contribution >= 4 is 33.2 Å². The van der Waals surface area contributed by atoms with Gasteiger partial charge in [-0.2, -0.15) is 0 Å². The van der Waals surface area contributed by atoms with E-state index < -0.39 is 0 Å². The van der Waals surface area contributed by atoms with Gasteiger partial charge in [0.15, 0.2) is 0 Å². The molecule has 0 aliphatic heterocycles. The smallest absolute Gasteiger partial charge is 0.269 e. The van der Waals surface area contributed by atoms with E-state index in [-0.39, 0.29) is 17.5 Å². The summed E-state index contributed by atoms with van der Waals surface area (Å²) in [5, 5.41) is 0.770. The fourth-order valence-electron chi connectivity index (χ4n) is 1.85. The van der Waals surface area contributed by atoms with Crippen LogP contribution >= 0.6 is 23.1 Å². The molecule has 17 heavy (non-hydrogen) atoms. The molecule has 0 bridgehead atoms. The van der Waals surface area contributed by atoms with Crippen LogP contribution in [0.25, 0.3) is 10.1 Å². The summed E-state index contributed by atoms with van der Waals surface area (Å²) < 4.78 is 7.74. The third-order valence-corrected chi connectivity index (χ3v) is 4.14. The zero-order valence-corrected chi connectivity index (χ0v) is 11.6. The number of nitrogens with zero attached hydrogens (tertiary/aromatic N) is 1. The number of hydrogen-bond donors (Lipinski definition) is 0. The molecule has 0 aliphatic carbocycles.